The van der Waals surface area contributed by atoms with Gasteiger partial charge in [0.1, 0.15) is 5.75 Å². The van der Waals surface area contributed by atoms with Gasteiger partial charge in [0.05, 0.1) is 0 Å². The van der Waals surface area contributed by atoms with Crippen LogP contribution in [0.15, 0.2) is 35.4 Å². The van der Waals surface area contributed by atoms with Crippen molar-refractivity contribution in [1.82, 2.24) is 0 Å². The highest BCUT2D eigenvalue weighted by molar-refractivity contribution is 5.51. The fourth-order valence-corrected chi connectivity index (χ4v) is 4.54. The van der Waals surface area contributed by atoms with Gasteiger partial charge in [0.2, 0.25) is 0 Å². The standard InChI is InChI=1S/C27H42O/c1-9-11-21-14-25(15-22(12-10-2)26(21)28)27(20(7)8)16-23(18(3)4)13-24(17-27)19(5)6/h13-16,18-20,28H,9-12,17H2,1-8H3. The molecule has 0 saturated heterocycles. The second kappa shape index (κ2) is 9.33. The second-order valence-electron chi connectivity index (χ2n) is 9.69. The maximum Gasteiger partial charge on any atom is 0.121 e. The maximum absolute atomic E-state index is 10.9. The fourth-order valence-electron chi connectivity index (χ4n) is 4.54. The molecular formula is C27H42O. The Bertz CT molecular complexity index is 706. The van der Waals surface area contributed by atoms with Gasteiger partial charge in [-0.3, -0.25) is 0 Å². The Morgan fingerprint density at radius 3 is 1.82 bits per heavy atom. The molecule has 1 aliphatic carbocycles. The van der Waals surface area contributed by atoms with Crippen LogP contribution in [-0.4, -0.2) is 5.11 Å². The van der Waals surface area contributed by atoms with Gasteiger partial charge in [0, 0.05) is 5.41 Å². The Morgan fingerprint density at radius 2 is 1.43 bits per heavy atom. The first kappa shape index (κ1) is 22.8. The molecule has 28 heavy (non-hydrogen) atoms. The fraction of sp³-hybridized carbons (Fsp3) is 0.630. The summed E-state index contributed by atoms with van der Waals surface area (Å²) in [5.41, 5.74) is 6.68. The van der Waals surface area contributed by atoms with E-state index in [0.29, 0.717) is 23.5 Å². The van der Waals surface area contributed by atoms with Gasteiger partial charge in [-0.1, -0.05) is 98.1 Å². The molecule has 0 fully saturated rings. The number of hydrogen-bond acceptors (Lipinski definition) is 1. The third-order valence-electron chi connectivity index (χ3n) is 6.56. The van der Waals surface area contributed by atoms with E-state index in [9.17, 15) is 5.11 Å². The van der Waals surface area contributed by atoms with Gasteiger partial charge in [-0.05, 0) is 59.3 Å². The molecule has 0 bridgehead atoms. The molecule has 1 heteroatoms. The number of allylic oxidation sites excluding steroid dienone is 4. The lowest BCUT2D eigenvalue weighted by atomic mass is 9.62. The van der Waals surface area contributed by atoms with E-state index in [1.54, 1.807) is 5.57 Å². The Hall–Kier alpha value is -1.50. The number of aromatic hydroxyl groups is 1. The first-order chi connectivity index (χ1) is 13.2. The molecule has 1 nitrogen and oxygen atoms in total. The summed E-state index contributed by atoms with van der Waals surface area (Å²) in [6, 6.07) is 4.63. The third-order valence-corrected chi connectivity index (χ3v) is 6.56. The van der Waals surface area contributed by atoms with Crippen molar-refractivity contribution in [3.63, 3.8) is 0 Å². The van der Waals surface area contributed by atoms with Gasteiger partial charge < -0.3 is 5.11 Å². The Labute approximate surface area is 174 Å². The molecule has 0 heterocycles. The first-order valence-corrected chi connectivity index (χ1v) is 11.4. The van der Waals surface area contributed by atoms with Crippen molar-refractivity contribution in [3.05, 3.63) is 52.1 Å². The smallest absolute Gasteiger partial charge is 0.121 e. The monoisotopic (exact) mass is 382 g/mol. The minimum absolute atomic E-state index is 0.00659. The summed E-state index contributed by atoms with van der Waals surface area (Å²) in [4.78, 5) is 0. The van der Waals surface area contributed by atoms with E-state index in [1.165, 1.54) is 11.1 Å². The predicted molar refractivity (Wildman–Crippen MR) is 123 cm³/mol. The quantitative estimate of drug-likeness (QED) is 0.487. The van der Waals surface area contributed by atoms with E-state index >= 15 is 0 Å². The zero-order valence-corrected chi connectivity index (χ0v) is 19.5. The molecule has 2 rings (SSSR count). The molecule has 1 atom stereocenters. The van der Waals surface area contributed by atoms with Crippen molar-refractivity contribution in [2.45, 2.75) is 92.9 Å². The normalized spacial score (nSPS) is 20.1. The minimum atomic E-state index is 0.00659. The van der Waals surface area contributed by atoms with Crippen LogP contribution in [0, 0.1) is 17.8 Å². The molecule has 1 N–H and O–H groups in total. The van der Waals surface area contributed by atoms with Crippen LogP contribution in [0.3, 0.4) is 0 Å². The van der Waals surface area contributed by atoms with Gasteiger partial charge in [-0.2, -0.15) is 0 Å². The molecule has 1 aromatic carbocycles. The summed E-state index contributed by atoms with van der Waals surface area (Å²) in [7, 11) is 0. The number of phenolic OH excluding ortho intramolecular Hbond substituents is 1. The molecule has 0 spiro atoms. The van der Waals surface area contributed by atoms with Crippen molar-refractivity contribution >= 4 is 0 Å². The largest absolute Gasteiger partial charge is 0.507 e. The van der Waals surface area contributed by atoms with E-state index in [0.717, 1.165) is 43.2 Å². The molecule has 156 valence electrons. The van der Waals surface area contributed by atoms with Crippen LogP contribution in [0.25, 0.3) is 0 Å². The van der Waals surface area contributed by atoms with Gasteiger partial charge in [-0.25, -0.2) is 0 Å². The number of phenols is 1. The molecular weight excluding hydrogens is 340 g/mol. The van der Waals surface area contributed by atoms with E-state index in [1.807, 2.05) is 0 Å². The molecule has 1 aromatic rings. The average Bonchev–Trinajstić information content (AvgIpc) is 2.64. The minimum Gasteiger partial charge on any atom is -0.507 e. The molecule has 1 aliphatic rings. The molecule has 0 amide bonds. The molecule has 0 aliphatic heterocycles. The van der Waals surface area contributed by atoms with Crippen LogP contribution in [0.4, 0.5) is 0 Å². The molecule has 0 saturated carbocycles. The number of rotatable bonds is 8. The predicted octanol–water partition coefficient (Wildman–Crippen LogP) is 7.76. The van der Waals surface area contributed by atoms with Crippen molar-refractivity contribution in [2.75, 3.05) is 0 Å². The lowest BCUT2D eigenvalue weighted by Crippen LogP contribution is -2.34. The zero-order valence-electron chi connectivity index (χ0n) is 19.5. The Balaban J connectivity index is 2.73. The Kier molecular flexibility index (Phi) is 7.59. The topological polar surface area (TPSA) is 20.2 Å². The third kappa shape index (κ3) is 4.56. The first-order valence-electron chi connectivity index (χ1n) is 11.4. The van der Waals surface area contributed by atoms with Crippen LogP contribution >= 0.6 is 0 Å². The highest BCUT2D eigenvalue weighted by Gasteiger charge is 2.38. The lowest BCUT2D eigenvalue weighted by molar-refractivity contribution is 0.360. The van der Waals surface area contributed by atoms with Crippen LogP contribution in [0.2, 0.25) is 0 Å². The van der Waals surface area contributed by atoms with Crippen molar-refractivity contribution in [1.29, 1.82) is 0 Å². The highest BCUT2D eigenvalue weighted by atomic mass is 16.3. The van der Waals surface area contributed by atoms with Gasteiger partial charge in [0.25, 0.3) is 0 Å². The van der Waals surface area contributed by atoms with Crippen LogP contribution in [-0.2, 0) is 18.3 Å². The lowest BCUT2D eigenvalue weighted by Gasteiger charge is -2.42. The molecule has 0 aromatic heterocycles. The van der Waals surface area contributed by atoms with E-state index < -0.39 is 0 Å². The van der Waals surface area contributed by atoms with Crippen molar-refractivity contribution < 1.29 is 5.11 Å². The summed E-state index contributed by atoms with van der Waals surface area (Å²) in [5, 5.41) is 10.9. The average molecular weight is 383 g/mol. The number of hydrogen-bond donors (Lipinski definition) is 1. The van der Waals surface area contributed by atoms with Crippen molar-refractivity contribution in [2.24, 2.45) is 17.8 Å². The van der Waals surface area contributed by atoms with Gasteiger partial charge in [0.15, 0.2) is 0 Å². The second-order valence-corrected chi connectivity index (χ2v) is 9.69. The SMILES string of the molecule is CCCc1cc(C2(C(C)C)C=C(C(C)C)C=C(C(C)C)C2)cc(CCC)c1O. The van der Waals surface area contributed by atoms with E-state index in [2.05, 4.69) is 79.7 Å². The van der Waals surface area contributed by atoms with E-state index in [-0.39, 0.29) is 5.41 Å². The highest BCUT2D eigenvalue weighted by Crippen LogP contribution is 2.47. The number of benzene rings is 1. The van der Waals surface area contributed by atoms with Gasteiger partial charge in [-0.15, -0.1) is 0 Å². The molecule has 0 radical (unpaired) electrons. The molecule has 1 unspecified atom stereocenters. The summed E-state index contributed by atoms with van der Waals surface area (Å²) < 4.78 is 0. The van der Waals surface area contributed by atoms with E-state index in [4.69, 9.17) is 0 Å². The Morgan fingerprint density at radius 1 is 0.893 bits per heavy atom. The zero-order chi connectivity index (χ0) is 21.1. The maximum atomic E-state index is 10.9. The van der Waals surface area contributed by atoms with Crippen LogP contribution < -0.4 is 0 Å². The van der Waals surface area contributed by atoms with Crippen LogP contribution in [0.5, 0.6) is 5.75 Å². The summed E-state index contributed by atoms with van der Waals surface area (Å²) in [6.07, 6.45) is 10.1. The van der Waals surface area contributed by atoms with Crippen molar-refractivity contribution in [3.8, 4) is 5.75 Å². The summed E-state index contributed by atoms with van der Waals surface area (Å²) in [6.45, 7) is 18.4. The summed E-state index contributed by atoms with van der Waals surface area (Å²) >= 11 is 0. The van der Waals surface area contributed by atoms with Crippen LogP contribution in [0.1, 0.15) is 91.3 Å². The summed E-state index contributed by atoms with van der Waals surface area (Å²) in [5.74, 6) is 2.12. The number of aryl methyl sites for hydroxylation is 2. The van der Waals surface area contributed by atoms with Gasteiger partial charge >= 0.3 is 0 Å².